The van der Waals surface area contributed by atoms with E-state index in [9.17, 15) is 9.18 Å². The number of alkyl halides is 1. The molecule has 1 aromatic heterocycles. The number of rotatable bonds is 5. The van der Waals surface area contributed by atoms with Crippen molar-refractivity contribution in [2.45, 2.75) is 13.3 Å². The Hall–Kier alpha value is -0.970. The van der Waals surface area contributed by atoms with Crippen LogP contribution in [0.25, 0.3) is 0 Å². The normalized spacial score (nSPS) is 10.2. The first-order valence-electron chi connectivity index (χ1n) is 5.14. The lowest BCUT2D eigenvalue weighted by Gasteiger charge is -2.20. The Bertz CT molecular complexity index is 360. The first-order chi connectivity index (χ1) is 7.69. The maximum atomic E-state index is 12.9. The van der Waals surface area contributed by atoms with Gasteiger partial charge in [0.15, 0.2) is 0 Å². The molecule has 0 bridgehead atoms. The van der Waals surface area contributed by atoms with Gasteiger partial charge in [0.2, 0.25) is 0 Å². The second-order valence-corrected chi connectivity index (χ2v) is 4.11. The Morgan fingerprint density at radius 1 is 1.56 bits per heavy atom. The van der Waals surface area contributed by atoms with E-state index in [1.165, 1.54) is 12.3 Å². The van der Waals surface area contributed by atoms with E-state index in [2.05, 4.69) is 20.9 Å². The van der Waals surface area contributed by atoms with Gasteiger partial charge in [-0.3, -0.25) is 9.78 Å². The number of amides is 1. The predicted molar refractivity (Wildman–Crippen MR) is 64.2 cm³/mol. The number of aromatic nitrogens is 1. The molecule has 0 atom stereocenters. The van der Waals surface area contributed by atoms with Gasteiger partial charge in [-0.15, -0.1) is 0 Å². The molecule has 0 fully saturated rings. The molecule has 88 valence electrons. The molecule has 1 amide bonds. The molecule has 5 heteroatoms. The van der Waals surface area contributed by atoms with Crippen LogP contribution in [-0.4, -0.2) is 34.2 Å². The number of carbonyl (C=O) groups excluding carboxylic acids is 1. The maximum absolute atomic E-state index is 12.9. The standard InChI is InChI=1S/C11H14BrFN2O/c1-2-15(5-3-4-12)11(16)9-6-10(13)8-14-7-9/h6-8H,2-5H2,1H3. The molecular formula is C11H14BrFN2O. The molecule has 0 aromatic carbocycles. The molecule has 0 saturated carbocycles. The average molecular weight is 289 g/mol. The van der Waals surface area contributed by atoms with Crippen LogP contribution in [-0.2, 0) is 0 Å². The Balaban J connectivity index is 2.74. The summed E-state index contributed by atoms with van der Waals surface area (Å²) in [5.41, 5.74) is 0.302. The van der Waals surface area contributed by atoms with Crippen LogP contribution < -0.4 is 0 Å². The summed E-state index contributed by atoms with van der Waals surface area (Å²) < 4.78 is 12.9. The van der Waals surface area contributed by atoms with Crippen LogP contribution in [0.4, 0.5) is 4.39 Å². The van der Waals surface area contributed by atoms with Crippen molar-refractivity contribution in [2.24, 2.45) is 0 Å². The number of hydrogen-bond donors (Lipinski definition) is 0. The molecule has 0 N–H and O–H groups in total. The van der Waals surface area contributed by atoms with Crippen molar-refractivity contribution in [2.75, 3.05) is 18.4 Å². The fraction of sp³-hybridized carbons (Fsp3) is 0.455. The fourth-order valence-corrected chi connectivity index (χ4v) is 1.62. The smallest absolute Gasteiger partial charge is 0.255 e. The van der Waals surface area contributed by atoms with Crippen molar-refractivity contribution in [1.82, 2.24) is 9.88 Å². The Kier molecular flexibility index (Phi) is 5.38. The number of carbonyl (C=O) groups is 1. The van der Waals surface area contributed by atoms with Crippen molar-refractivity contribution in [3.8, 4) is 0 Å². The first-order valence-corrected chi connectivity index (χ1v) is 6.27. The summed E-state index contributed by atoms with van der Waals surface area (Å²) in [5.74, 6) is -0.655. The van der Waals surface area contributed by atoms with Gasteiger partial charge in [0.25, 0.3) is 5.91 Å². The number of pyridine rings is 1. The molecule has 16 heavy (non-hydrogen) atoms. The third-order valence-corrected chi connectivity index (χ3v) is 2.74. The van der Waals surface area contributed by atoms with E-state index in [0.29, 0.717) is 18.7 Å². The molecule has 3 nitrogen and oxygen atoms in total. The molecule has 0 radical (unpaired) electrons. The highest BCUT2D eigenvalue weighted by atomic mass is 79.9. The lowest BCUT2D eigenvalue weighted by atomic mass is 10.2. The van der Waals surface area contributed by atoms with Crippen LogP contribution in [0.3, 0.4) is 0 Å². The quantitative estimate of drug-likeness (QED) is 0.780. The van der Waals surface area contributed by atoms with E-state index in [1.54, 1.807) is 4.90 Å². The monoisotopic (exact) mass is 288 g/mol. The van der Waals surface area contributed by atoms with E-state index >= 15 is 0 Å². The van der Waals surface area contributed by atoms with E-state index in [0.717, 1.165) is 17.9 Å². The second-order valence-electron chi connectivity index (χ2n) is 3.32. The molecule has 0 aliphatic carbocycles. The minimum atomic E-state index is -0.484. The summed E-state index contributed by atoms with van der Waals surface area (Å²) >= 11 is 3.31. The number of halogens is 2. The highest BCUT2D eigenvalue weighted by Crippen LogP contribution is 2.06. The zero-order chi connectivity index (χ0) is 12.0. The van der Waals surface area contributed by atoms with Crippen LogP contribution in [0.1, 0.15) is 23.7 Å². The van der Waals surface area contributed by atoms with Gasteiger partial charge in [0, 0.05) is 24.6 Å². The molecule has 0 saturated heterocycles. The van der Waals surface area contributed by atoms with Gasteiger partial charge < -0.3 is 4.90 Å². The Morgan fingerprint density at radius 2 is 2.31 bits per heavy atom. The van der Waals surface area contributed by atoms with E-state index < -0.39 is 5.82 Å². The van der Waals surface area contributed by atoms with Crippen molar-refractivity contribution in [3.05, 3.63) is 29.8 Å². The molecule has 1 heterocycles. The molecule has 1 aromatic rings. The number of hydrogen-bond acceptors (Lipinski definition) is 2. The third-order valence-electron chi connectivity index (χ3n) is 2.18. The van der Waals surface area contributed by atoms with Crippen LogP contribution in [0.15, 0.2) is 18.5 Å². The minimum Gasteiger partial charge on any atom is -0.339 e. The van der Waals surface area contributed by atoms with Crippen LogP contribution >= 0.6 is 15.9 Å². The van der Waals surface area contributed by atoms with Gasteiger partial charge in [0.1, 0.15) is 5.82 Å². The summed E-state index contributed by atoms with van der Waals surface area (Å²) in [7, 11) is 0. The Labute approximate surface area is 103 Å². The largest absolute Gasteiger partial charge is 0.339 e. The summed E-state index contributed by atoms with van der Waals surface area (Å²) in [6.07, 6.45) is 3.36. The molecule has 0 unspecified atom stereocenters. The SMILES string of the molecule is CCN(CCCBr)C(=O)c1cncc(F)c1. The van der Waals surface area contributed by atoms with Gasteiger partial charge >= 0.3 is 0 Å². The fourth-order valence-electron chi connectivity index (χ4n) is 1.37. The molecular weight excluding hydrogens is 275 g/mol. The average Bonchev–Trinajstić information content (AvgIpc) is 2.29. The summed E-state index contributed by atoms with van der Waals surface area (Å²) in [5, 5.41) is 0.845. The molecule has 0 spiro atoms. The third kappa shape index (κ3) is 3.56. The highest BCUT2D eigenvalue weighted by Gasteiger charge is 2.14. The molecule has 0 aliphatic heterocycles. The lowest BCUT2D eigenvalue weighted by molar-refractivity contribution is 0.0764. The second kappa shape index (κ2) is 6.58. The summed E-state index contributed by atoms with van der Waals surface area (Å²) in [6, 6.07) is 1.21. The summed E-state index contributed by atoms with van der Waals surface area (Å²) in [6.45, 7) is 3.18. The van der Waals surface area contributed by atoms with Crippen LogP contribution in [0.5, 0.6) is 0 Å². The van der Waals surface area contributed by atoms with Gasteiger partial charge in [-0.2, -0.15) is 0 Å². The zero-order valence-corrected chi connectivity index (χ0v) is 10.7. The van der Waals surface area contributed by atoms with E-state index in [-0.39, 0.29) is 5.91 Å². The van der Waals surface area contributed by atoms with E-state index in [1.807, 2.05) is 6.92 Å². The lowest BCUT2D eigenvalue weighted by Crippen LogP contribution is -2.32. The predicted octanol–water partition coefficient (Wildman–Crippen LogP) is 2.47. The van der Waals surface area contributed by atoms with Gasteiger partial charge in [-0.05, 0) is 19.4 Å². The first kappa shape index (κ1) is 13.1. The van der Waals surface area contributed by atoms with Crippen LogP contribution in [0.2, 0.25) is 0 Å². The maximum Gasteiger partial charge on any atom is 0.255 e. The molecule has 0 aliphatic rings. The highest BCUT2D eigenvalue weighted by molar-refractivity contribution is 9.09. The topological polar surface area (TPSA) is 33.2 Å². The van der Waals surface area contributed by atoms with Crippen molar-refractivity contribution < 1.29 is 9.18 Å². The number of nitrogens with zero attached hydrogens (tertiary/aromatic N) is 2. The summed E-state index contributed by atoms with van der Waals surface area (Å²) in [4.78, 5) is 17.3. The van der Waals surface area contributed by atoms with E-state index in [4.69, 9.17) is 0 Å². The Morgan fingerprint density at radius 3 is 2.88 bits per heavy atom. The van der Waals surface area contributed by atoms with Crippen molar-refractivity contribution >= 4 is 21.8 Å². The van der Waals surface area contributed by atoms with Crippen molar-refractivity contribution in [1.29, 1.82) is 0 Å². The van der Waals surface area contributed by atoms with Crippen LogP contribution in [0, 0.1) is 5.82 Å². The molecule has 1 rings (SSSR count). The van der Waals surface area contributed by atoms with Gasteiger partial charge in [-0.25, -0.2) is 4.39 Å². The van der Waals surface area contributed by atoms with Gasteiger partial charge in [0.05, 0.1) is 11.8 Å². The zero-order valence-electron chi connectivity index (χ0n) is 9.12. The van der Waals surface area contributed by atoms with Crippen molar-refractivity contribution in [3.63, 3.8) is 0 Å². The minimum absolute atomic E-state index is 0.171. The van der Waals surface area contributed by atoms with Gasteiger partial charge in [-0.1, -0.05) is 15.9 Å².